The third-order valence-corrected chi connectivity index (χ3v) is 7.90. The van der Waals surface area contributed by atoms with Crippen LogP contribution in [-0.2, 0) is 14.3 Å². The lowest BCUT2D eigenvalue weighted by atomic mass is 9.92. The summed E-state index contributed by atoms with van der Waals surface area (Å²) in [6.07, 6.45) is 2.34. The monoisotopic (exact) mass is 478 g/mol. The van der Waals surface area contributed by atoms with E-state index >= 15 is 0 Å². The molecule has 2 aliphatic rings. The fraction of sp³-hybridized carbons (Fsp3) is 0.464. The zero-order chi connectivity index (χ0) is 25.2. The number of carbonyl (C=O) groups excluding carboxylic acids is 2. The first-order valence-electron chi connectivity index (χ1n) is 12.4. The van der Waals surface area contributed by atoms with Crippen molar-refractivity contribution in [3.63, 3.8) is 0 Å². The Kier molecular flexibility index (Phi) is 7.15. The lowest BCUT2D eigenvalue weighted by Gasteiger charge is -2.38. The van der Waals surface area contributed by atoms with Crippen molar-refractivity contribution in [2.45, 2.75) is 63.5 Å². The number of carboxylic acid groups (broad SMARTS) is 1. The molecule has 2 amide bonds. The van der Waals surface area contributed by atoms with Crippen LogP contribution in [0.3, 0.4) is 0 Å². The van der Waals surface area contributed by atoms with Crippen molar-refractivity contribution < 1.29 is 24.2 Å². The maximum atomic E-state index is 13.5. The first-order valence-corrected chi connectivity index (χ1v) is 12.4. The normalized spacial score (nSPS) is 17.7. The van der Waals surface area contributed by atoms with E-state index in [0.717, 1.165) is 35.1 Å². The number of alkyl carbamates (subject to hydrolysis) is 1. The minimum atomic E-state index is -1.22. The van der Waals surface area contributed by atoms with Gasteiger partial charge >= 0.3 is 12.1 Å². The van der Waals surface area contributed by atoms with Crippen LogP contribution in [0, 0.1) is 5.92 Å². The van der Waals surface area contributed by atoms with Crippen LogP contribution in [0.2, 0.25) is 0 Å². The third kappa shape index (κ3) is 4.51. The molecule has 0 aromatic heterocycles. The second kappa shape index (κ2) is 10.1. The summed E-state index contributed by atoms with van der Waals surface area (Å²) < 4.78 is 5.66. The van der Waals surface area contributed by atoms with Gasteiger partial charge in [-0.25, -0.2) is 9.59 Å². The van der Waals surface area contributed by atoms with Crippen LogP contribution < -0.4 is 5.32 Å². The van der Waals surface area contributed by atoms with E-state index in [0.29, 0.717) is 19.3 Å². The quantitative estimate of drug-likeness (QED) is 0.568. The van der Waals surface area contributed by atoms with Gasteiger partial charge in [0.05, 0.1) is 0 Å². The Morgan fingerprint density at radius 3 is 2.11 bits per heavy atom. The lowest BCUT2D eigenvalue weighted by Crippen LogP contribution is -2.60. The molecular weight excluding hydrogens is 444 g/mol. The smallest absolute Gasteiger partial charge is 0.407 e. The van der Waals surface area contributed by atoms with E-state index in [4.69, 9.17) is 4.74 Å². The second-order valence-corrected chi connectivity index (χ2v) is 9.77. The summed E-state index contributed by atoms with van der Waals surface area (Å²) in [4.78, 5) is 39.8. The van der Waals surface area contributed by atoms with Gasteiger partial charge in [-0.05, 0) is 41.0 Å². The standard InChI is InChI=1S/C28H34N2O5/c1-4-18(2)24(25(31)30(3)28(26(32)33)15-9-10-16-28)29-27(34)35-17-23-21-13-7-5-11-19(21)20-12-6-8-14-22(20)23/h5-8,11-14,18,23-24H,4,9-10,15-17H2,1-3H3,(H,29,34)(H,32,33). The van der Waals surface area contributed by atoms with E-state index in [9.17, 15) is 19.5 Å². The molecule has 0 spiro atoms. The topological polar surface area (TPSA) is 95.9 Å². The summed E-state index contributed by atoms with van der Waals surface area (Å²) in [6, 6.07) is 15.3. The Morgan fingerprint density at radius 1 is 1.06 bits per heavy atom. The molecule has 0 radical (unpaired) electrons. The van der Waals surface area contributed by atoms with Gasteiger partial charge in [-0.15, -0.1) is 0 Å². The van der Waals surface area contributed by atoms with Gasteiger partial charge in [0.15, 0.2) is 0 Å². The molecule has 2 N–H and O–H groups in total. The molecule has 0 aliphatic heterocycles. The highest BCUT2D eigenvalue weighted by molar-refractivity contribution is 5.91. The van der Waals surface area contributed by atoms with Crippen LogP contribution in [0.5, 0.6) is 0 Å². The lowest BCUT2D eigenvalue weighted by molar-refractivity contribution is -0.158. The second-order valence-electron chi connectivity index (χ2n) is 9.77. The van der Waals surface area contributed by atoms with Crippen LogP contribution in [-0.4, -0.2) is 53.2 Å². The maximum Gasteiger partial charge on any atom is 0.407 e. The maximum absolute atomic E-state index is 13.5. The number of amides is 2. The van der Waals surface area contributed by atoms with Crippen molar-refractivity contribution in [3.05, 3.63) is 59.7 Å². The van der Waals surface area contributed by atoms with Gasteiger partial charge in [-0.1, -0.05) is 81.6 Å². The largest absolute Gasteiger partial charge is 0.479 e. The zero-order valence-electron chi connectivity index (χ0n) is 20.6. The van der Waals surface area contributed by atoms with Gasteiger partial charge in [-0.2, -0.15) is 0 Å². The fourth-order valence-electron chi connectivity index (χ4n) is 5.52. The highest BCUT2D eigenvalue weighted by atomic mass is 16.5. The number of carboxylic acids is 1. The van der Waals surface area contributed by atoms with E-state index < -0.39 is 29.6 Å². The highest BCUT2D eigenvalue weighted by Gasteiger charge is 2.48. The summed E-state index contributed by atoms with van der Waals surface area (Å²) in [7, 11) is 1.54. The third-order valence-electron chi connectivity index (χ3n) is 7.90. The molecule has 0 saturated heterocycles. The predicted molar refractivity (Wildman–Crippen MR) is 133 cm³/mol. The molecule has 7 heteroatoms. The SMILES string of the molecule is CCC(C)C(NC(=O)OCC1c2ccccc2-c2ccccc21)C(=O)N(C)C1(C(=O)O)CCCC1. The summed E-state index contributed by atoms with van der Waals surface area (Å²) in [6.45, 7) is 3.96. The van der Waals surface area contributed by atoms with E-state index in [-0.39, 0.29) is 18.4 Å². The molecule has 2 aromatic rings. The van der Waals surface area contributed by atoms with Crippen LogP contribution in [0.4, 0.5) is 4.79 Å². The molecular formula is C28H34N2O5. The van der Waals surface area contributed by atoms with Gasteiger partial charge in [0, 0.05) is 13.0 Å². The van der Waals surface area contributed by atoms with E-state index in [2.05, 4.69) is 29.6 Å². The number of likely N-dealkylation sites (N-methyl/N-ethyl adjacent to an activating group) is 1. The molecule has 4 rings (SSSR count). The number of ether oxygens (including phenoxy) is 1. The van der Waals surface area contributed by atoms with Gasteiger partial charge < -0.3 is 20.1 Å². The van der Waals surface area contributed by atoms with E-state index in [1.807, 2.05) is 38.1 Å². The molecule has 2 aromatic carbocycles. The number of rotatable bonds is 8. The van der Waals surface area contributed by atoms with Crippen molar-refractivity contribution in [3.8, 4) is 11.1 Å². The molecule has 2 aliphatic carbocycles. The van der Waals surface area contributed by atoms with Gasteiger partial charge in [0.1, 0.15) is 18.2 Å². The average molecular weight is 479 g/mol. The molecule has 2 atom stereocenters. The summed E-state index contributed by atoms with van der Waals surface area (Å²) in [5.74, 6) is -1.65. The van der Waals surface area contributed by atoms with Crippen LogP contribution >= 0.6 is 0 Å². The van der Waals surface area contributed by atoms with Crippen LogP contribution in [0.25, 0.3) is 11.1 Å². The Labute approximate surface area is 206 Å². The van der Waals surface area contributed by atoms with Crippen molar-refractivity contribution >= 4 is 18.0 Å². The Bertz CT molecular complexity index is 1060. The van der Waals surface area contributed by atoms with Crippen LogP contribution in [0.15, 0.2) is 48.5 Å². The first-order chi connectivity index (χ1) is 16.8. The van der Waals surface area contributed by atoms with Gasteiger partial charge in [0.25, 0.3) is 0 Å². The van der Waals surface area contributed by atoms with Gasteiger partial charge in [-0.3, -0.25) is 4.79 Å². The highest BCUT2D eigenvalue weighted by Crippen LogP contribution is 2.44. The molecule has 1 fully saturated rings. The zero-order valence-corrected chi connectivity index (χ0v) is 20.6. The first kappa shape index (κ1) is 24.8. The predicted octanol–water partition coefficient (Wildman–Crippen LogP) is 4.80. The molecule has 0 bridgehead atoms. The molecule has 2 unspecified atom stereocenters. The number of nitrogens with one attached hydrogen (secondary N) is 1. The summed E-state index contributed by atoms with van der Waals surface area (Å²) in [5, 5.41) is 12.7. The number of benzene rings is 2. The molecule has 1 saturated carbocycles. The number of nitrogens with zero attached hydrogens (tertiary/aromatic N) is 1. The van der Waals surface area contributed by atoms with E-state index in [1.54, 1.807) is 0 Å². The summed E-state index contributed by atoms with van der Waals surface area (Å²) >= 11 is 0. The average Bonchev–Trinajstić information content (AvgIpc) is 3.49. The molecule has 7 nitrogen and oxygen atoms in total. The van der Waals surface area contributed by atoms with Crippen molar-refractivity contribution in [1.29, 1.82) is 0 Å². The van der Waals surface area contributed by atoms with Crippen molar-refractivity contribution in [2.24, 2.45) is 5.92 Å². The van der Waals surface area contributed by atoms with E-state index in [1.165, 1.54) is 11.9 Å². The summed E-state index contributed by atoms with van der Waals surface area (Å²) in [5.41, 5.74) is 3.29. The molecule has 0 heterocycles. The minimum absolute atomic E-state index is 0.0812. The number of fused-ring (bicyclic) bond motifs is 3. The van der Waals surface area contributed by atoms with Crippen molar-refractivity contribution in [2.75, 3.05) is 13.7 Å². The minimum Gasteiger partial charge on any atom is -0.479 e. The van der Waals surface area contributed by atoms with Crippen LogP contribution in [0.1, 0.15) is 63.0 Å². The number of hydrogen-bond acceptors (Lipinski definition) is 4. The Balaban J connectivity index is 1.47. The Hall–Kier alpha value is -3.35. The number of hydrogen-bond donors (Lipinski definition) is 2. The molecule has 186 valence electrons. The number of aliphatic carboxylic acids is 1. The Morgan fingerprint density at radius 2 is 1.60 bits per heavy atom. The van der Waals surface area contributed by atoms with Crippen molar-refractivity contribution in [1.82, 2.24) is 10.2 Å². The molecule has 35 heavy (non-hydrogen) atoms. The fourth-order valence-corrected chi connectivity index (χ4v) is 5.52. The number of carbonyl (C=O) groups is 3. The van der Waals surface area contributed by atoms with Gasteiger partial charge in [0.2, 0.25) is 5.91 Å².